The highest BCUT2D eigenvalue weighted by atomic mass is 16.5. The summed E-state index contributed by atoms with van der Waals surface area (Å²) in [4.78, 5) is 17.5. The van der Waals surface area contributed by atoms with E-state index >= 15 is 0 Å². The lowest BCUT2D eigenvalue weighted by Crippen LogP contribution is -2.33. The van der Waals surface area contributed by atoms with Gasteiger partial charge in [-0.2, -0.15) is 5.26 Å². The average Bonchev–Trinajstić information content (AvgIpc) is 3.20. The normalized spacial score (nSPS) is 13.8. The van der Waals surface area contributed by atoms with Gasteiger partial charge in [-0.1, -0.05) is 0 Å². The van der Waals surface area contributed by atoms with Crippen LogP contribution in [-0.4, -0.2) is 30.1 Å². The van der Waals surface area contributed by atoms with E-state index in [0.717, 1.165) is 18.5 Å². The van der Waals surface area contributed by atoms with Gasteiger partial charge in [-0.25, -0.2) is 0 Å². The van der Waals surface area contributed by atoms with E-state index in [1.807, 2.05) is 4.90 Å². The molecule has 0 atom stereocenters. The van der Waals surface area contributed by atoms with Gasteiger partial charge in [-0.3, -0.25) is 9.78 Å². The van der Waals surface area contributed by atoms with Crippen molar-refractivity contribution in [3.8, 4) is 6.07 Å². The third kappa shape index (κ3) is 2.77. The maximum absolute atomic E-state index is 11.6. The highest BCUT2D eigenvalue weighted by Crippen LogP contribution is 2.32. The molecule has 0 unspecified atom stereocenters. The van der Waals surface area contributed by atoms with Crippen LogP contribution in [0.25, 0.3) is 0 Å². The van der Waals surface area contributed by atoms with Gasteiger partial charge in [0.15, 0.2) is 0 Å². The van der Waals surface area contributed by atoms with Crippen molar-refractivity contribution in [2.45, 2.75) is 25.8 Å². The number of anilines is 1. The molecular formula is C13H15N3O2. The SMILES string of the molecule is CCOC(=O)CN(c1cnccc1C#N)C1CC1. The Morgan fingerprint density at radius 2 is 2.44 bits per heavy atom. The quantitative estimate of drug-likeness (QED) is 0.735. The molecule has 5 heteroatoms. The molecule has 1 aliphatic rings. The molecule has 0 aliphatic heterocycles. The molecular weight excluding hydrogens is 230 g/mol. The Bertz CT molecular complexity index is 477. The fraction of sp³-hybridized carbons (Fsp3) is 0.462. The third-order valence-corrected chi connectivity index (χ3v) is 2.82. The molecule has 0 amide bonds. The summed E-state index contributed by atoms with van der Waals surface area (Å²) in [6.07, 6.45) is 5.30. The lowest BCUT2D eigenvalue weighted by atomic mass is 10.2. The molecule has 1 fully saturated rings. The number of nitrogens with zero attached hydrogens (tertiary/aromatic N) is 3. The van der Waals surface area contributed by atoms with E-state index in [4.69, 9.17) is 10.00 Å². The number of hydrogen-bond acceptors (Lipinski definition) is 5. The van der Waals surface area contributed by atoms with E-state index in [-0.39, 0.29) is 12.5 Å². The molecule has 1 aromatic rings. The molecule has 1 aliphatic carbocycles. The average molecular weight is 245 g/mol. The van der Waals surface area contributed by atoms with Gasteiger partial charge in [-0.15, -0.1) is 0 Å². The van der Waals surface area contributed by atoms with E-state index in [0.29, 0.717) is 18.2 Å². The maximum atomic E-state index is 11.6. The van der Waals surface area contributed by atoms with Crippen molar-refractivity contribution in [1.82, 2.24) is 4.98 Å². The first-order valence-corrected chi connectivity index (χ1v) is 6.02. The lowest BCUT2D eigenvalue weighted by molar-refractivity contribution is -0.141. The fourth-order valence-electron chi connectivity index (χ4n) is 1.85. The van der Waals surface area contributed by atoms with Gasteiger partial charge in [-0.05, 0) is 25.8 Å². The molecule has 0 saturated heterocycles. The molecule has 0 spiro atoms. The molecule has 94 valence electrons. The van der Waals surface area contributed by atoms with Crippen LogP contribution < -0.4 is 4.90 Å². The number of pyridine rings is 1. The standard InChI is InChI=1S/C13H15N3O2/c1-2-18-13(17)9-16(11-3-4-11)12-8-15-6-5-10(12)7-14/h5-6,8,11H,2-4,9H2,1H3. The van der Waals surface area contributed by atoms with Crippen LogP contribution in [0.15, 0.2) is 18.5 Å². The number of carbonyl (C=O) groups excluding carboxylic acids is 1. The van der Waals surface area contributed by atoms with Crippen molar-refractivity contribution in [1.29, 1.82) is 5.26 Å². The first-order valence-electron chi connectivity index (χ1n) is 6.02. The van der Waals surface area contributed by atoms with Gasteiger partial charge in [0, 0.05) is 12.2 Å². The molecule has 5 nitrogen and oxygen atoms in total. The summed E-state index contributed by atoms with van der Waals surface area (Å²) < 4.78 is 4.96. The molecule has 0 bridgehead atoms. The van der Waals surface area contributed by atoms with Crippen molar-refractivity contribution in [3.63, 3.8) is 0 Å². The molecule has 0 radical (unpaired) electrons. The van der Waals surface area contributed by atoms with Gasteiger partial charge < -0.3 is 9.64 Å². The molecule has 1 heterocycles. The fourth-order valence-corrected chi connectivity index (χ4v) is 1.85. The number of ether oxygens (including phenoxy) is 1. The number of aromatic nitrogens is 1. The summed E-state index contributed by atoms with van der Waals surface area (Å²) in [6, 6.07) is 4.12. The topological polar surface area (TPSA) is 66.2 Å². The Kier molecular flexibility index (Phi) is 3.78. The number of carbonyl (C=O) groups is 1. The second kappa shape index (κ2) is 5.50. The highest BCUT2D eigenvalue weighted by molar-refractivity contribution is 5.77. The number of hydrogen-bond donors (Lipinski definition) is 0. The molecule has 0 N–H and O–H groups in total. The van der Waals surface area contributed by atoms with Crippen LogP contribution in [0, 0.1) is 11.3 Å². The van der Waals surface area contributed by atoms with Crippen molar-refractivity contribution in [2.24, 2.45) is 0 Å². The van der Waals surface area contributed by atoms with E-state index in [2.05, 4.69) is 11.1 Å². The van der Waals surface area contributed by atoms with Gasteiger partial charge in [0.05, 0.1) is 24.1 Å². The van der Waals surface area contributed by atoms with E-state index in [1.165, 1.54) is 0 Å². The van der Waals surface area contributed by atoms with Crippen molar-refractivity contribution in [2.75, 3.05) is 18.1 Å². The van der Waals surface area contributed by atoms with E-state index in [1.54, 1.807) is 25.4 Å². The van der Waals surface area contributed by atoms with Crippen molar-refractivity contribution in [3.05, 3.63) is 24.0 Å². The van der Waals surface area contributed by atoms with E-state index < -0.39 is 0 Å². The molecule has 0 aromatic carbocycles. The van der Waals surface area contributed by atoms with Crippen LogP contribution in [0.3, 0.4) is 0 Å². The Labute approximate surface area is 106 Å². The van der Waals surface area contributed by atoms with Crippen LogP contribution in [0.2, 0.25) is 0 Å². The number of rotatable bonds is 5. The molecule has 1 aromatic heterocycles. The highest BCUT2D eigenvalue weighted by Gasteiger charge is 2.32. The smallest absolute Gasteiger partial charge is 0.325 e. The van der Waals surface area contributed by atoms with E-state index in [9.17, 15) is 4.79 Å². The summed E-state index contributed by atoms with van der Waals surface area (Å²) in [6.45, 7) is 2.33. The summed E-state index contributed by atoms with van der Waals surface area (Å²) in [7, 11) is 0. The summed E-state index contributed by atoms with van der Waals surface area (Å²) in [5, 5.41) is 9.09. The summed E-state index contributed by atoms with van der Waals surface area (Å²) >= 11 is 0. The zero-order valence-corrected chi connectivity index (χ0v) is 10.3. The lowest BCUT2D eigenvalue weighted by Gasteiger charge is -2.23. The second-order valence-corrected chi connectivity index (χ2v) is 4.17. The molecule has 2 rings (SSSR count). The molecule has 18 heavy (non-hydrogen) atoms. The van der Waals surface area contributed by atoms with Crippen LogP contribution in [0.4, 0.5) is 5.69 Å². The van der Waals surface area contributed by atoms with Gasteiger partial charge in [0.25, 0.3) is 0 Å². The third-order valence-electron chi connectivity index (χ3n) is 2.82. The largest absolute Gasteiger partial charge is 0.465 e. The Morgan fingerprint density at radius 3 is 3.06 bits per heavy atom. The van der Waals surface area contributed by atoms with Gasteiger partial charge in [0.2, 0.25) is 0 Å². The van der Waals surface area contributed by atoms with Crippen LogP contribution in [0.5, 0.6) is 0 Å². The van der Waals surface area contributed by atoms with Crippen LogP contribution >= 0.6 is 0 Å². The zero-order chi connectivity index (χ0) is 13.0. The van der Waals surface area contributed by atoms with Crippen LogP contribution in [0.1, 0.15) is 25.3 Å². The zero-order valence-electron chi connectivity index (χ0n) is 10.3. The predicted octanol–water partition coefficient (Wildman–Crippen LogP) is 1.49. The van der Waals surface area contributed by atoms with Gasteiger partial charge in [0.1, 0.15) is 12.6 Å². The number of nitriles is 1. The van der Waals surface area contributed by atoms with Crippen molar-refractivity contribution < 1.29 is 9.53 Å². The predicted molar refractivity (Wildman–Crippen MR) is 66.0 cm³/mol. The minimum atomic E-state index is -0.267. The summed E-state index contributed by atoms with van der Waals surface area (Å²) in [5.41, 5.74) is 1.26. The number of esters is 1. The summed E-state index contributed by atoms with van der Waals surface area (Å²) in [5.74, 6) is -0.267. The molecule has 1 saturated carbocycles. The Morgan fingerprint density at radius 1 is 1.67 bits per heavy atom. The monoisotopic (exact) mass is 245 g/mol. The Balaban J connectivity index is 2.19. The van der Waals surface area contributed by atoms with Crippen LogP contribution in [-0.2, 0) is 9.53 Å². The minimum Gasteiger partial charge on any atom is -0.465 e. The second-order valence-electron chi connectivity index (χ2n) is 4.17. The Hall–Kier alpha value is -2.09. The van der Waals surface area contributed by atoms with Gasteiger partial charge >= 0.3 is 5.97 Å². The van der Waals surface area contributed by atoms with Crippen molar-refractivity contribution >= 4 is 11.7 Å². The minimum absolute atomic E-state index is 0.179. The maximum Gasteiger partial charge on any atom is 0.325 e. The first-order chi connectivity index (χ1) is 8.76. The first kappa shape index (κ1) is 12.4.